The van der Waals surface area contributed by atoms with Gasteiger partial charge in [0, 0.05) is 23.9 Å². The molecule has 27 heavy (non-hydrogen) atoms. The number of aromatic nitrogens is 2. The van der Waals surface area contributed by atoms with Crippen molar-refractivity contribution in [3.8, 4) is 33.9 Å². The van der Waals surface area contributed by atoms with Gasteiger partial charge in [-0.1, -0.05) is 41.6 Å². The zero-order valence-electron chi connectivity index (χ0n) is 14.6. The summed E-state index contributed by atoms with van der Waals surface area (Å²) in [6, 6.07) is 15.3. The molecule has 1 aliphatic heterocycles. The number of ether oxygens (including phenoxy) is 2. The van der Waals surface area contributed by atoms with Crippen LogP contribution in [0, 0.1) is 0 Å². The Kier molecular flexibility index (Phi) is 3.50. The fourth-order valence-corrected chi connectivity index (χ4v) is 3.39. The molecule has 0 fully saturated rings. The van der Waals surface area contributed by atoms with Gasteiger partial charge in [0.05, 0.1) is 0 Å². The second-order valence-electron chi connectivity index (χ2n) is 6.30. The zero-order valence-corrected chi connectivity index (χ0v) is 14.6. The van der Waals surface area contributed by atoms with Crippen LogP contribution < -0.4 is 15.0 Å². The number of benzene rings is 2. The summed E-state index contributed by atoms with van der Waals surface area (Å²) >= 11 is 0. The van der Waals surface area contributed by atoms with Crippen LogP contribution in [0.1, 0.15) is 6.92 Å². The molecule has 0 saturated carbocycles. The quantitative estimate of drug-likeness (QED) is 0.551. The van der Waals surface area contributed by atoms with E-state index in [1.165, 1.54) is 0 Å². The molecular formula is C21H16N2O4. The smallest absolute Gasteiger partial charge is 0.264 e. The van der Waals surface area contributed by atoms with Gasteiger partial charge in [0.2, 0.25) is 6.79 Å². The lowest BCUT2D eigenvalue weighted by atomic mass is 10.0. The van der Waals surface area contributed by atoms with Crippen molar-refractivity contribution < 1.29 is 14.0 Å². The number of pyridine rings is 1. The minimum atomic E-state index is -0.114. The highest BCUT2D eigenvalue weighted by atomic mass is 16.7. The first-order chi connectivity index (χ1) is 13.3. The van der Waals surface area contributed by atoms with Crippen LogP contribution in [0.5, 0.6) is 11.5 Å². The predicted molar refractivity (Wildman–Crippen MR) is 101 cm³/mol. The summed E-state index contributed by atoms with van der Waals surface area (Å²) in [5.74, 6) is 1.39. The summed E-state index contributed by atoms with van der Waals surface area (Å²) < 4.78 is 18.2. The first kappa shape index (κ1) is 15.7. The Morgan fingerprint density at radius 3 is 2.67 bits per heavy atom. The second kappa shape index (κ2) is 6.02. The average molecular weight is 360 g/mol. The molecular weight excluding hydrogens is 344 g/mol. The Bertz CT molecular complexity index is 1210. The van der Waals surface area contributed by atoms with Gasteiger partial charge in [-0.25, -0.2) is 0 Å². The molecule has 0 unspecified atom stereocenters. The van der Waals surface area contributed by atoms with E-state index in [1.54, 1.807) is 4.57 Å². The predicted octanol–water partition coefficient (Wildman–Crippen LogP) is 4.07. The first-order valence-electron chi connectivity index (χ1n) is 8.74. The lowest BCUT2D eigenvalue weighted by molar-refractivity contribution is 0.174. The molecule has 0 N–H and O–H groups in total. The van der Waals surface area contributed by atoms with Crippen LogP contribution in [0.3, 0.4) is 0 Å². The topological polar surface area (TPSA) is 66.5 Å². The Hall–Kier alpha value is -3.54. The van der Waals surface area contributed by atoms with E-state index in [4.69, 9.17) is 14.0 Å². The second-order valence-corrected chi connectivity index (χ2v) is 6.30. The molecule has 4 aromatic rings. The van der Waals surface area contributed by atoms with Gasteiger partial charge < -0.3 is 18.6 Å². The summed E-state index contributed by atoms with van der Waals surface area (Å²) in [6.45, 7) is 2.70. The van der Waals surface area contributed by atoms with Crippen molar-refractivity contribution in [1.82, 2.24) is 9.72 Å². The minimum Gasteiger partial charge on any atom is -0.454 e. The van der Waals surface area contributed by atoms with E-state index in [9.17, 15) is 4.79 Å². The molecule has 6 nitrogen and oxygen atoms in total. The molecule has 5 rings (SSSR count). The molecule has 0 bridgehead atoms. The monoisotopic (exact) mass is 360 g/mol. The molecule has 134 valence electrons. The third-order valence-electron chi connectivity index (χ3n) is 4.77. The Labute approximate surface area is 154 Å². The van der Waals surface area contributed by atoms with Gasteiger partial charge in [-0.2, -0.15) is 0 Å². The number of fused-ring (bicyclic) bond motifs is 2. The highest BCUT2D eigenvalue weighted by Gasteiger charge is 2.22. The van der Waals surface area contributed by atoms with E-state index in [0.29, 0.717) is 34.7 Å². The van der Waals surface area contributed by atoms with Gasteiger partial charge in [-0.15, -0.1) is 0 Å². The van der Waals surface area contributed by atoms with E-state index in [0.717, 1.165) is 16.7 Å². The van der Waals surface area contributed by atoms with Crippen LogP contribution in [0.25, 0.3) is 33.4 Å². The lowest BCUT2D eigenvalue weighted by Crippen LogP contribution is -2.19. The van der Waals surface area contributed by atoms with E-state index < -0.39 is 0 Å². The third kappa shape index (κ3) is 2.41. The lowest BCUT2D eigenvalue weighted by Gasteiger charge is -2.08. The van der Waals surface area contributed by atoms with Crippen molar-refractivity contribution in [1.29, 1.82) is 0 Å². The molecule has 0 atom stereocenters. The Morgan fingerprint density at radius 1 is 1.04 bits per heavy atom. The minimum absolute atomic E-state index is 0.114. The Balaban J connectivity index is 1.80. The highest BCUT2D eigenvalue weighted by molar-refractivity contribution is 5.99. The molecule has 3 heterocycles. The van der Waals surface area contributed by atoms with E-state index in [-0.39, 0.29) is 12.4 Å². The van der Waals surface area contributed by atoms with Crippen LogP contribution in [0.4, 0.5) is 0 Å². The molecule has 0 aliphatic carbocycles. The van der Waals surface area contributed by atoms with Gasteiger partial charge in [0.1, 0.15) is 11.1 Å². The van der Waals surface area contributed by atoms with Crippen molar-refractivity contribution in [2.24, 2.45) is 0 Å². The number of hydrogen-bond acceptors (Lipinski definition) is 5. The number of hydrogen-bond donors (Lipinski definition) is 0. The van der Waals surface area contributed by atoms with Gasteiger partial charge in [0.25, 0.3) is 5.56 Å². The maximum Gasteiger partial charge on any atom is 0.264 e. The maximum atomic E-state index is 13.0. The fourth-order valence-electron chi connectivity index (χ4n) is 3.39. The van der Waals surface area contributed by atoms with Crippen LogP contribution in [0.15, 0.2) is 64.0 Å². The summed E-state index contributed by atoms with van der Waals surface area (Å²) in [5.41, 5.74) is 3.43. The van der Waals surface area contributed by atoms with Gasteiger partial charge in [-0.3, -0.25) is 4.79 Å². The van der Waals surface area contributed by atoms with Crippen LogP contribution in [-0.2, 0) is 6.54 Å². The van der Waals surface area contributed by atoms with Crippen LogP contribution in [-0.4, -0.2) is 16.5 Å². The van der Waals surface area contributed by atoms with E-state index >= 15 is 0 Å². The van der Waals surface area contributed by atoms with Crippen molar-refractivity contribution in [2.75, 3.05) is 6.79 Å². The van der Waals surface area contributed by atoms with E-state index in [1.807, 2.05) is 61.7 Å². The highest BCUT2D eigenvalue weighted by Crippen LogP contribution is 2.38. The van der Waals surface area contributed by atoms with Crippen LogP contribution >= 0.6 is 0 Å². The van der Waals surface area contributed by atoms with Gasteiger partial charge >= 0.3 is 0 Å². The van der Waals surface area contributed by atoms with Gasteiger partial charge in [-0.05, 0) is 24.6 Å². The summed E-state index contributed by atoms with van der Waals surface area (Å²) in [7, 11) is 0. The van der Waals surface area contributed by atoms with Crippen molar-refractivity contribution >= 4 is 11.0 Å². The SMILES string of the molecule is CCn1cc(-c2ccc3c(c2)OCO3)c2onc(-c3ccccc3)c2c1=O. The molecule has 2 aromatic carbocycles. The molecule has 2 aromatic heterocycles. The van der Waals surface area contributed by atoms with Crippen LogP contribution in [0.2, 0.25) is 0 Å². The standard InChI is InChI=1S/C21H16N2O4/c1-2-23-11-15(14-8-9-16-17(10-14)26-12-25-16)20-18(21(23)24)19(22-27-20)13-6-4-3-5-7-13/h3-11H,2,12H2,1H3. The fraction of sp³-hybridized carbons (Fsp3) is 0.143. The van der Waals surface area contributed by atoms with Gasteiger partial charge in [0.15, 0.2) is 17.1 Å². The number of nitrogens with zero attached hydrogens (tertiary/aromatic N) is 2. The van der Waals surface area contributed by atoms with Crippen molar-refractivity contribution in [3.05, 3.63) is 65.1 Å². The molecule has 0 radical (unpaired) electrons. The molecule has 0 amide bonds. The Morgan fingerprint density at radius 2 is 1.85 bits per heavy atom. The number of aryl methyl sites for hydroxylation is 1. The molecule has 6 heteroatoms. The largest absolute Gasteiger partial charge is 0.454 e. The maximum absolute atomic E-state index is 13.0. The molecule has 0 saturated heterocycles. The number of rotatable bonds is 3. The first-order valence-corrected chi connectivity index (χ1v) is 8.74. The molecule has 1 aliphatic rings. The summed E-state index contributed by atoms with van der Waals surface area (Å²) in [6.07, 6.45) is 1.81. The summed E-state index contributed by atoms with van der Waals surface area (Å²) in [4.78, 5) is 13.0. The zero-order chi connectivity index (χ0) is 18.4. The normalized spacial score (nSPS) is 12.6. The average Bonchev–Trinajstić information content (AvgIpc) is 3.36. The van der Waals surface area contributed by atoms with Crippen molar-refractivity contribution in [2.45, 2.75) is 13.5 Å². The van der Waals surface area contributed by atoms with Crippen molar-refractivity contribution in [3.63, 3.8) is 0 Å². The van der Waals surface area contributed by atoms with E-state index in [2.05, 4.69) is 5.16 Å². The summed E-state index contributed by atoms with van der Waals surface area (Å²) in [5, 5.41) is 4.70. The molecule has 0 spiro atoms. The third-order valence-corrected chi connectivity index (χ3v) is 4.77.